The van der Waals surface area contributed by atoms with Crippen LogP contribution >= 0.6 is 38.5 Å². The fraction of sp³-hybridized carbons (Fsp3) is 0.500. The van der Waals surface area contributed by atoms with Gasteiger partial charge < -0.3 is 10.6 Å². The van der Waals surface area contributed by atoms with E-state index in [4.69, 9.17) is 0 Å². The Balaban J connectivity index is 1.69. The van der Waals surface area contributed by atoms with Gasteiger partial charge in [-0.25, -0.2) is 0 Å². The van der Waals surface area contributed by atoms with Crippen molar-refractivity contribution >= 4 is 38.5 Å². The van der Waals surface area contributed by atoms with Crippen molar-refractivity contribution in [1.82, 2.24) is 10.6 Å². The van der Waals surface area contributed by atoms with Crippen molar-refractivity contribution in [2.24, 2.45) is 0 Å². The summed E-state index contributed by atoms with van der Waals surface area (Å²) in [6, 6.07) is 7.22. The average Bonchev–Trinajstić information content (AvgIpc) is 3.06. The maximum Gasteiger partial charge on any atom is 0.0216 e. The molecule has 1 aliphatic carbocycles. The molecule has 2 nitrogen and oxygen atoms in total. The second-order valence-corrected chi connectivity index (χ2v) is 6.22. The van der Waals surface area contributed by atoms with Gasteiger partial charge in [0.25, 0.3) is 0 Å². The molecule has 1 saturated carbocycles. The van der Waals surface area contributed by atoms with E-state index in [0.29, 0.717) is 0 Å². The summed E-state index contributed by atoms with van der Waals surface area (Å²) in [7, 11) is 0. The lowest BCUT2D eigenvalue weighted by Gasteiger charge is -2.08. The Bertz CT molecular complexity index is 353. The molecule has 0 bridgehead atoms. The fourth-order valence-corrected chi connectivity index (χ4v) is 2.49. The third kappa shape index (κ3) is 4.31. The summed E-state index contributed by atoms with van der Waals surface area (Å²) in [5.74, 6) is 0. The summed E-state index contributed by atoms with van der Waals surface area (Å²) in [6.45, 7) is 3.07. The van der Waals surface area contributed by atoms with E-state index in [1.165, 1.54) is 22.0 Å². The van der Waals surface area contributed by atoms with Crippen molar-refractivity contribution < 1.29 is 0 Å². The van der Waals surface area contributed by atoms with Crippen LogP contribution in [0.2, 0.25) is 0 Å². The largest absolute Gasteiger partial charge is 0.313 e. The van der Waals surface area contributed by atoms with Crippen molar-refractivity contribution in [2.45, 2.75) is 25.4 Å². The molecule has 0 saturated heterocycles. The van der Waals surface area contributed by atoms with Crippen LogP contribution in [0.4, 0.5) is 0 Å². The van der Waals surface area contributed by atoms with Gasteiger partial charge in [-0.2, -0.15) is 0 Å². The number of rotatable bonds is 6. The monoisotopic (exact) mass is 394 g/mol. The molecule has 2 N–H and O–H groups in total. The molecular formula is C12H16BrIN2. The molecule has 16 heavy (non-hydrogen) atoms. The summed E-state index contributed by atoms with van der Waals surface area (Å²) >= 11 is 5.89. The Morgan fingerprint density at radius 2 is 2.12 bits per heavy atom. The Morgan fingerprint density at radius 3 is 2.88 bits per heavy atom. The van der Waals surface area contributed by atoms with E-state index in [1.54, 1.807) is 0 Å². The molecule has 1 aromatic rings. The van der Waals surface area contributed by atoms with Gasteiger partial charge in [0.05, 0.1) is 0 Å². The van der Waals surface area contributed by atoms with E-state index in [9.17, 15) is 0 Å². The summed E-state index contributed by atoms with van der Waals surface area (Å²) in [5, 5.41) is 6.96. The number of nitrogens with one attached hydrogen (secondary N) is 2. The summed E-state index contributed by atoms with van der Waals surface area (Å²) in [5.41, 5.74) is 1.36. The minimum Gasteiger partial charge on any atom is -0.313 e. The predicted octanol–water partition coefficient (Wildman–Crippen LogP) is 2.90. The highest BCUT2D eigenvalue weighted by Crippen LogP contribution is 2.18. The van der Waals surface area contributed by atoms with E-state index in [1.807, 2.05) is 0 Å². The van der Waals surface area contributed by atoms with Crippen molar-refractivity contribution in [3.05, 3.63) is 31.8 Å². The molecule has 88 valence electrons. The molecule has 0 atom stereocenters. The number of hydrogen-bond acceptors (Lipinski definition) is 2. The number of halogens is 2. The van der Waals surface area contributed by atoms with Crippen LogP contribution in [0.5, 0.6) is 0 Å². The average molecular weight is 395 g/mol. The SMILES string of the molecule is Brc1ccc(I)c(CNCCNC2CC2)c1. The Morgan fingerprint density at radius 1 is 1.31 bits per heavy atom. The molecule has 0 amide bonds. The van der Waals surface area contributed by atoms with E-state index >= 15 is 0 Å². The second-order valence-electron chi connectivity index (χ2n) is 4.14. The number of hydrogen-bond donors (Lipinski definition) is 2. The molecule has 0 aliphatic heterocycles. The van der Waals surface area contributed by atoms with Crippen LogP contribution in [0.25, 0.3) is 0 Å². The lowest BCUT2D eigenvalue weighted by Crippen LogP contribution is -2.28. The molecule has 0 radical (unpaired) electrons. The fourth-order valence-electron chi connectivity index (χ4n) is 1.55. The Kier molecular flexibility index (Phi) is 5.06. The van der Waals surface area contributed by atoms with Crippen LogP contribution in [0.3, 0.4) is 0 Å². The Labute approximate surface area is 119 Å². The first-order valence-corrected chi connectivity index (χ1v) is 7.51. The van der Waals surface area contributed by atoms with Crippen LogP contribution in [0, 0.1) is 3.57 Å². The third-order valence-corrected chi connectivity index (χ3v) is 4.18. The van der Waals surface area contributed by atoms with Gasteiger partial charge in [0.15, 0.2) is 0 Å². The molecule has 0 unspecified atom stereocenters. The maximum absolute atomic E-state index is 3.50. The first-order valence-electron chi connectivity index (χ1n) is 5.64. The van der Waals surface area contributed by atoms with Gasteiger partial charge in [0.2, 0.25) is 0 Å². The topological polar surface area (TPSA) is 24.1 Å². The molecule has 1 fully saturated rings. The third-order valence-electron chi connectivity index (χ3n) is 2.64. The van der Waals surface area contributed by atoms with Gasteiger partial charge in [-0.15, -0.1) is 0 Å². The van der Waals surface area contributed by atoms with Gasteiger partial charge in [0.1, 0.15) is 0 Å². The zero-order valence-corrected chi connectivity index (χ0v) is 12.8. The molecule has 0 aromatic heterocycles. The van der Waals surface area contributed by atoms with Crippen molar-refractivity contribution in [1.29, 1.82) is 0 Å². The maximum atomic E-state index is 3.50. The zero-order chi connectivity index (χ0) is 11.4. The highest BCUT2D eigenvalue weighted by molar-refractivity contribution is 14.1. The molecule has 2 rings (SSSR count). The quantitative estimate of drug-likeness (QED) is 0.572. The molecule has 1 aliphatic rings. The smallest absolute Gasteiger partial charge is 0.0216 e. The van der Waals surface area contributed by atoms with Crippen LogP contribution in [0.15, 0.2) is 22.7 Å². The predicted molar refractivity (Wildman–Crippen MR) is 79.6 cm³/mol. The van der Waals surface area contributed by atoms with Crippen LogP contribution in [-0.2, 0) is 6.54 Å². The minimum atomic E-state index is 0.813. The van der Waals surface area contributed by atoms with Gasteiger partial charge >= 0.3 is 0 Å². The summed E-state index contributed by atoms with van der Waals surface area (Å²) < 4.78 is 2.48. The zero-order valence-electron chi connectivity index (χ0n) is 9.10. The van der Waals surface area contributed by atoms with Crippen molar-refractivity contribution in [2.75, 3.05) is 13.1 Å². The highest BCUT2D eigenvalue weighted by atomic mass is 127. The number of benzene rings is 1. The molecule has 1 aromatic carbocycles. The van der Waals surface area contributed by atoms with E-state index < -0.39 is 0 Å². The first kappa shape index (κ1) is 12.8. The van der Waals surface area contributed by atoms with Crippen LogP contribution < -0.4 is 10.6 Å². The standard InChI is InChI=1S/C12H16BrIN2/c13-10-1-4-12(14)9(7-10)8-15-5-6-16-11-2-3-11/h1,4,7,11,15-16H,2-3,5-6,8H2. The molecule has 0 heterocycles. The van der Waals surface area contributed by atoms with Crippen LogP contribution in [-0.4, -0.2) is 19.1 Å². The molecule has 0 spiro atoms. The van der Waals surface area contributed by atoms with Gasteiger partial charge in [0, 0.05) is 33.7 Å². The minimum absolute atomic E-state index is 0.813. The van der Waals surface area contributed by atoms with Gasteiger partial charge in [-0.3, -0.25) is 0 Å². The molecular weight excluding hydrogens is 379 g/mol. The molecule has 4 heteroatoms. The van der Waals surface area contributed by atoms with Crippen LogP contribution in [0.1, 0.15) is 18.4 Å². The normalized spacial score (nSPS) is 15.4. The second kappa shape index (κ2) is 6.33. The van der Waals surface area contributed by atoms with Crippen molar-refractivity contribution in [3.63, 3.8) is 0 Å². The Hall–Kier alpha value is 0.350. The van der Waals surface area contributed by atoms with E-state index in [-0.39, 0.29) is 0 Å². The highest BCUT2D eigenvalue weighted by Gasteiger charge is 2.19. The lowest BCUT2D eigenvalue weighted by atomic mass is 10.2. The van der Waals surface area contributed by atoms with E-state index in [2.05, 4.69) is 67.4 Å². The van der Waals surface area contributed by atoms with Crippen molar-refractivity contribution in [3.8, 4) is 0 Å². The lowest BCUT2D eigenvalue weighted by molar-refractivity contribution is 0.608. The van der Waals surface area contributed by atoms with E-state index in [0.717, 1.165) is 30.1 Å². The first-order chi connectivity index (χ1) is 7.75. The van der Waals surface area contributed by atoms with Gasteiger partial charge in [-0.1, -0.05) is 15.9 Å². The van der Waals surface area contributed by atoms with Gasteiger partial charge in [-0.05, 0) is 59.2 Å². The summed E-state index contributed by atoms with van der Waals surface area (Å²) in [4.78, 5) is 0. The summed E-state index contributed by atoms with van der Waals surface area (Å²) in [6.07, 6.45) is 2.73.